The number of aromatic hydroxyl groups is 1. The highest BCUT2D eigenvalue weighted by atomic mass is 16.5. The zero-order chi connectivity index (χ0) is 27.0. The van der Waals surface area contributed by atoms with Gasteiger partial charge in [-0.25, -0.2) is 0 Å². The van der Waals surface area contributed by atoms with Gasteiger partial charge in [0.1, 0.15) is 11.5 Å². The Labute approximate surface area is 228 Å². The van der Waals surface area contributed by atoms with Crippen molar-refractivity contribution < 1.29 is 9.84 Å². The van der Waals surface area contributed by atoms with Gasteiger partial charge in [-0.3, -0.25) is 0 Å². The second-order valence-electron chi connectivity index (χ2n) is 11.8. The summed E-state index contributed by atoms with van der Waals surface area (Å²) in [7, 11) is 1.79. The fourth-order valence-electron chi connectivity index (χ4n) is 7.09. The molecule has 0 aromatic heterocycles. The van der Waals surface area contributed by atoms with Gasteiger partial charge in [0.05, 0.1) is 24.5 Å². The third kappa shape index (κ3) is 5.03. The van der Waals surface area contributed by atoms with Crippen LogP contribution in [0.15, 0.2) is 66.7 Å². The molecular weight excluding hydrogens is 470 g/mol. The molecule has 1 saturated carbocycles. The molecule has 2 aliphatic rings. The first-order chi connectivity index (χ1) is 18.3. The van der Waals surface area contributed by atoms with Crippen LogP contribution in [0.3, 0.4) is 0 Å². The second-order valence-corrected chi connectivity index (χ2v) is 11.8. The van der Waals surface area contributed by atoms with E-state index in [1.807, 2.05) is 12.1 Å². The van der Waals surface area contributed by atoms with Gasteiger partial charge in [-0.05, 0) is 88.3 Å². The molecule has 1 fully saturated rings. The van der Waals surface area contributed by atoms with Gasteiger partial charge >= 0.3 is 0 Å². The Bertz CT molecular complexity index is 1230. The van der Waals surface area contributed by atoms with Crippen LogP contribution in [-0.2, 0) is 0 Å². The van der Waals surface area contributed by atoms with Crippen molar-refractivity contribution in [2.24, 2.45) is 11.8 Å². The van der Waals surface area contributed by atoms with Crippen molar-refractivity contribution >= 4 is 17.1 Å². The SMILES string of the molecule is COc1cc(N(C(C)C)C(C)C)ccc1C1Nc2ccccc2NC2CC(c3ccc(O)cc3)CC(C)C21. The van der Waals surface area contributed by atoms with Crippen molar-refractivity contribution in [2.45, 2.75) is 77.5 Å². The number of rotatable bonds is 6. The van der Waals surface area contributed by atoms with E-state index in [9.17, 15) is 5.11 Å². The van der Waals surface area contributed by atoms with E-state index >= 15 is 0 Å². The molecule has 5 unspecified atom stereocenters. The van der Waals surface area contributed by atoms with Crippen molar-refractivity contribution in [1.82, 2.24) is 0 Å². The number of phenols is 1. The smallest absolute Gasteiger partial charge is 0.126 e. The van der Waals surface area contributed by atoms with Gasteiger partial charge in [0.15, 0.2) is 0 Å². The van der Waals surface area contributed by atoms with Crippen LogP contribution in [0.25, 0.3) is 0 Å². The number of para-hydroxylation sites is 2. The van der Waals surface area contributed by atoms with E-state index in [0.29, 0.717) is 41.6 Å². The number of phenolic OH excluding ortho intramolecular Hbond substituents is 1. The van der Waals surface area contributed by atoms with E-state index in [0.717, 1.165) is 30.0 Å². The van der Waals surface area contributed by atoms with Crippen LogP contribution in [0, 0.1) is 11.8 Å². The maximum Gasteiger partial charge on any atom is 0.126 e. The number of nitrogens with zero attached hydrogens (tertiary/aromatic N) is 1. The average Bonchev–Trinajstić information content (AvgIpc) is 3.05. The summed E-state index contributed by atoms with van der Waals surface area (Å²) in [6.07, 6.45) is 2.15. The summed E-state index contributed by atoms with van der Waals surface area (Å²) in [5, 5.41) is 17.7. The van der Waals surface area contributed by atoms with E-state index < -0.39 is 0 Å². The number of hydrogen-bond acceptors (Lipinski definition) is 5. The molecule has 0 radical (unpaired) electrons. The summed E-state index contributed by atoms with van der Waals surface area (Å²) in [4.78, 5) is 2.44. The van der Waals surface area contributed by atoms with Crippen molar-refractivity contribution in [1.29, 1.82) is 0 Å². The minimum Gasteiger partial charge on any atom is -0.508 e. The molecule has 0 saturated heterocycles. The first-order valence-electron chi connectivity index (χ1n) is 14.1. The molecule has 5 heteroatoms. The van der Waals surface area contributed by atoms with Crippen molar-refractivity contribution in [2.75, 3.05) is 22.6 Å². The van der Waals surface area contributed by atoms with Crippen molar-refractivity contribution in [3.63, 3.8) is 0 Å². The van der Waals surface area contributed by atoms with Gasteiger partial charge in [-0.1, -0.05) is 37.3 Å². The Kier molecular flexibility index (Phi) is 7.47. The summed E-state index contributed by atoms with van der Waals surface area (Å²) >= 11 is 0. The van der Waals surface area contributed by atoms with Crippen LogP contribution in [0.4, 0.5) is 17.1 Å². The summed E-state index contributed by atoms with van der Waals surface area (Å²) in [5.74, 6) is 2.56. The predicted octanol–water partition coefficient (Wildman–Crippen LogP) is 7.80. The molecule has 1 aliphatic carbocycles. The largest absolute Gasteiger partial charge is 0.508 e. The van der Waals surface area contributed by atoms with Crippen LogP contribution in [0.2, 0.25) is 0 Å². The highest BCUT2D eigenvalue weighted by Crippen LogP contribution is 2.51. The average molecular weight is 514 g/mol. The zero-order valence-corrected chi connectivity index (χ0v) is 23.6. The highest BCUT2D eigenvalue weighted by Gasteiger charge is 2.43. The van der Waals surface area contributed by atoms with Crippen LogP contribution in [-0.4, -0.2) is 30.3 Å². The van der Waals surface area contributed by atoms with E-state index in [-0.39, 0.29) is 6.04 Å². The lowest BCUT2D eigenvalue weighted by Gasteiger charge is -2.44. The molecule has 0 amide bonds. The summed E-state index contributed by atoms with van der Waals surface area (Å²) in [6, 6.07) is 24.4. The lowest BCUT2D eigenvalue weighted by Crippen LogP contribution is -2.43. The van der Waals surface area contributed by atoms with Gasteiger partial charge in [-0.2, -0.15) is 0 Å². The van der Waals surface area contributed by atoms with E-state index in [1.165, 1.54) is 16.8 Å². The van der Waals surface area contributed by atoms with Crippen LogP contribution in [0.5, 0.6) is 11.5 Å². The standard InChI is InChI=1S/C33H43N3O2/c1-20(2)36(21(3)4)25-13-16-27(31(19-25)38-6)33-32-22(5)17-24(23-11-14-26(37)15-12-23)18-30(32)34-28-9-7-8-10-29(28)35-33/h7-16,19-22,24,30,32-35,37H,17-18H2,1-6H3. The minimum atomic E-state index is 0.113. The monoisotopic (exact) mass is 513 g/mol. The molecule has 38 heavy (non-hydrogen) atoms. The number of benzene rings is 3. The summed E-state index contributed by atoms with van der Waals surface area (Å²) in [6.45, 7) is 11.4. The van der Waals surface area contributed by atoms with Gasteiger partial charge < -0.3 is 25.4 Å². The quantitative estimate of drug-likeness (QED) is 0.314. The van der Waals surface area contributed by atoms with Crippen molar-refractivity contribution in [3.8, 4) is 11.5 Å². The van der Waals surface area contributed by atoms with Crippen LogP contribution in [0.1, 0.15) is 70.5 Å². The molecule has 3 aromatic carbocycles. The lowest BCUT2D eigenvalue weighted by atomic mass is 9.66. The van der Waals surface area contributed by atoms with Crippen LogP contribution < -0.4 is 20.3 Å². The maximum absolute atomic E-state index is 9.83. The molecule has 5 rings (SSSR count). The van der Waals surface area contributed by atoms with Crippen LogP contribution >= 0.6 is 0 Å². The Hall–Kier alpha value is -3.34. The molecule has 1 aliphatic heterocycles. The Morgan fingerprint density at radius 1 is 0.868 bits per heavy atom. The lowest BCUT2D eigenvalue weighted by molar-refractivity contribution is 0.188. The third-order valence-electron chi connectivity index (χ3n) is 8.61. The van der Waals surface area contributed by atoms with E-state index in [2.05, 4.69) is 105 Å². The van der Waals surface area contributed by atoms with Gasteiger partial charge in [0.2, 0.25) is 0 Å². The molecule has 202 valence electrons. The molecule has 0 spiro atoms. The Morgan fingerprint density at radius 2 is 1.53 bits per heavy atom. The second kappa shape index (κ2) is 10.8. The fraction of sp³-hybridized carbons (Fsp3) is 0.455. The fourth-order valence-corrected chi connectivity index (χ4v) is 7.09. The van der Waals surface area contributed by atoms with Gasteiger partial charge in [0.25, 0.3) is 0 Å². The molecule has 0 bridgehead atoms. The van der Waals surface area contributed by atoms with Gasteiger partial charge in [-0.15, -0.1) is 0 Å². The molecule has 3 N–H and O–H groups in total. The van der Waals surface area contributed by atoms with Gasteiger partial charge in [0, 0.05) is 41.4 Å². The third-order valence-corrected chi connectivity index (χ3v) is 8.61. The molecule has 3 aromatic rings. The first kappa shape index (κ1) is 26.3. The Morgan fingerprint density at radius 3 is 2.16 bits per heavy atom. The van der Waals surface area contributed by atoms with E-state index in [1.54, 1.807) is 7.11 Å². The van der Waals surface area contributed by atoms with E-state index in [4.69, 9.17) is 4.74 Å². The number of ether oxygens (including phenoxy) is 1. The number of fused-ring (bicyclic) bond motifs is 2. The first-order valence-corrected chi connectivity index (χ1v) is 14.1. The number of hydrogen-bond donors (Lipinski definition) is 3. The minimum absolute atomic E-state index is 0.113. The molecule has 1 heterocycles. The number of methoxy groups -OCH3 is 1. The molecular formula is C33H43N3O2. The zero-order valence-electron chi connectivity index (χ0n) is 23.6. The molecule has 5 nitrogen and oxygen atoms in total. The highest BCUT2D eigenvalue weighted by molar-refractivity contribution is 5.71. The topological polar surface area (TPSA) is 56.8 Å². The Balaban J connectivity index is 1.55. The predicted molar refractivity (Wildman–Crippen MR) is 159 cm³/mol. The maximum atomic E-state index is 9.83. The normalized spacial score (nSPS) is 24.6. The number of nitrogens with one attached hydrogen (secondary N) is 2. The molecule has 5 atom stereocenters. The summed E-state index contributed by atoms with van der Waals surface area (Å²) < 4.78 is 6.08. The van der Waals surface area contributed by atoms with Crippen molar-refractivity contribution in [3.05, 3.63) is 77.9 Å². The summed E-state index contributed by atoms with van der Waals surface area (Å²) in [5.41, 5.74) is 6.01. The number of anilines is 3.